The van der Waals surface area contributed by atoms with Gasteiger partial charge in [-0.3, -0.25) is 4.79 Å². The number of hydrogen-bond donors (Lipinski definition) is 0. The van der Waals surface area contributed by atoms with Crippen molar-refractivity contribution in [2.24, 2.45) is 0 Å². The average Bonchev–Trinajstić information content (AvgIpc) is 2.74. The van der Waals surface area contributed by atoms with Crippen molar-refractivity contribution in [2.75, 3.05) is 13.1 Å². The second kappa shape index (κ2) is 6.57. The molecule has 1 amide bonds. The molecule has 1 aliphatic rings. The molecule has 1 aromatic heterocycles. The fourth-order valence-corrected chi connectivity index (χ4v) is 3.77. The Morgan fingerprint density at radius 2 is 1.77 bits per heavy atom. The molecule has 0 aliphatic carbocycles. The Morgan fingerprint density at radius 1 is 1.14 bits per heavy atom. The fraction of sp³-hybridized carbons (Fsp3) is 0.412. The van der Waals surface area contributed by atoms with Gasteiger partial charge in [-0.15, -0.1) is 11.3 Å². The van der Waals surface area contributed by atoms with Crippen molar-refractivity contribution in [3.63, 3.8) is 0 Å². The van der Waals surface area contributed by atoms with E-state index in [1.165, 1.54) is 36.3 Å². The van der Waals surface area contributed by atoms with Gasteiger partial charge in [0.05, 0.1) is 5.69 Å². The molecule has 3 nitrogen and oxygen atoms in total. The third-order valence-electron chi connectivity index (χ3n) is 3.98. The third-order valence-corrected chi connectivity index (χ3v) is 5.17. The number of benzene rings is 1. The molecule has 3 rings (SSSR count). The van der Waals surface area contributed by atoms with Crippen molar-refractivity contribution in [1.29, 1.82) is 0 Å². The number of halogens is 1. The van der Waals surface area contributed by atoms with E-state index in [0.717, 1.165) is 42.2 Å². The number of carbonyl (C=O) groups excluding carboxylic acids is 1. The number of hydrogen-bond acceptors (Lipinski definition) is 3. The van der Waals surface area contributed by atoms with Crippen molar-refractivity contribution >= 4 is 17.2 Å². The molecular weight excluding hydrogens is 299 g/mol. The van der Waals surface area contributed by atoms with E-state index in [9.17, 15) is 9.18 Å². The van der Waals surface area contributed by atoms with Crippen LogP contribution in [0, 0.1) is 12.7 Å². The molecule has 1 aromatic carbocycles. The summed E-state index contributed by atoms with van der Waals surface area (Å²) >= 11 is 1.40. The molecule has 116 valence electrons. The number of likely N-dealkylation sites (tertiary alicyclic amines) is 1. The predicted molar refractivity (Wildman–Crippen MR) is 86.6 cm³/mol. The SMILES string of the molecule is Cc1nc(-c2ccc(F)cc2)sc1C(=O)N1CCCCCC1. The molecule has 0 N–H and O–H groups in total. The minimum atomic E-state index is -0.266. The van der Waals surface area contributed by atoms with Gasteiger partial charge in [0.1, 0.15) is 15.7 Å². The van der Waals surface area contributed by atoms with Crippen LogP contribution in [-0.4, -0.2) is 28.9 Å². The number of thiazole rings is 1. The number of aryl methyl sites for hydroxylation is 1. The highest BCUT2D eigenvalue weighted by molar-refractivity contribution is 7.17. The van der Waals surface area contributed by atoms with Crippen molar-refractivity contribution in [3.05, 3.63) is 40.7 Å². The molecule has 1 fully saturated rings. The highest BCUT2D eigenvalue weighted by atomic mass is 32.1. The molecule has 2 heterocycles. The van der Waals surface area contributed by atoms with Crippen LogP contribution < -0.4 is 0 Å². The van der Waals surface area contributed by atoms with Crippen LogP contribution in [0.25, 0.3) is 10.6 Å². The van der Waals surface area contributed by atoms with Crippen LogP contribution in [-0.2, 0) is 0 Å². The van der Waals surface area contributed by atoms with Gasteiger partial charge < -0.3 is 4.90 Å². The largest absolute Gasteiger partial charge is 0.338 e. The summed E-state index contributed by atoms with van der Waals surface area (Å²) in [6, 6.07) is 6.24. The van der Waals surface area contributed by atoms with Crippen LogP contribution in [0.5, 0.6) is 0 Å². The van der Waals surface area contributed by atoms with Crippen molar-refractivity contribution in [1.82, 2.24) is 9.88 Å². The zero-order valence-corrected chi connectivity index (χ0v) is 13.5. The summed E-state index contributed by atoms with van der Waals surface area (Å²) in [6.45, 7) is 3.54. The lowest BCUT2D eigenvalue weighted by Gasteiger charge is -2.19. The Labute approximate surface area is 133 Å². The summed E-state index contributed by atoms with van der Waals surface area (Å²) in [7, 11) is 0. The fourth-order valence-electron chi connectivity index (χ4n) is 2.73. The first-order chi connectivity index (χ1) is 10.6. The van der Waals surface area contributed by atoms with Gasteiger partial charge in [0.2, 0.25) is 0 Å². The van der Waals surface area contributed by atoms with E-state index in [2.05, 4.69) is 4.98 Å². The maximum Gasteiger partial charge on any atom is 0.265 e. The number of nitrogens with zero attached hydrogens (tertiary/aromatic N) is 2. The summed E-state index contributed by atoms with van der Waals surface area (Å²) in [5, 5.41) is 0.774. The number of aromatic nitrogens is 1. The number of amides is 1. The van der Waals surface area contributed by atoms with E-state index < -0.39 is 0 Å². The molecule has 0 unspecified atom stereocenters. The van der Waals surface area contributed by atoms with E-state index >= 15 is 0 Å². The average molecular weight is 318 g/mol. The zero-order valence-electron chi connectivity index (χ0n) is 12.6. The quantitative estimate of drug-likeness (QED) is 0.828. The van der Waals surface area contributed by atoms with Gasteiger partial charge in [0.25, 0.3) is 5.91 Å². The normalized spacial score (nSPS) is 15.6. The molecular formula is C17H19FN2OS. The molecule has 1 saturated heterocycles. The predicted octanol–water partition coefficient (Wildman–Crippen LogP) is 4.27. The minimum absolute atomic E-state index is 0.0882. The Bertz CT molecular complexity index is 658. The highest BCUT2D eigenvalue weighted by Crippen LogP contribution is 2.29. The van der Waals surface area contributed by atoms with E-state index in [-0.39, 0.29) is 11.7 Å². The molecule has 0 radical (unpaired) electrons. The van der Waals surface area contributed by atoms with Gasteiger partial charge in [-0.25, -0.2) is 9.37 Å². The molecule has 22 heavy (non-hydrogen) atoms. The first-order valence-corrected chi connectivity index (χ1v) is 8.49. The van der Waals surface area contributed by atoms with Gasteiger partial charge in [-0.2, -0.15) is 0 Å². The zero-order chi connectivity index (χ0) is 15.5. The molecule has 0 atom stereocenters. The maximum absolute atomic E-state index is 13.0. The lowest BCUT2D eigenvalue weighted by Crippen LogP contribution is -2.31. The summed E-state index contributed by atoms with van der Waals surface area (Å²) in [5.74, 6) is -0.178. The maximum atomic E-state index is 13.0. The highest BCUT2D eigenvalue weighted by Gasteiger charge is 2.22. The van der Waals surface area contributed by atoms with Crippen LogP contribution in [0.2, 0.25) is 0 Å². The molecule has 2 aromatic rings. The molecule has 0 spiro atoms. The third kappa shape index (κ3) is 3.19. The van der Waals surface area contributed by atoms with Gasteiger partial charge in [0.15, 0.2) is 0 Å². The lowest BCUT2D eigenvalue weighted by atomic mass is 10.2. The van der Waals surface area contributed by atoms with E-state index in [1.807, 2.05) is 11.8 Å². The smallest absolute Gasteiger partial charge is 0.265 e. The minimum Gasteiger partial charge on any atom is -0.338 e. The first-order valence-electron chi connectivity index (χ1n) is 7.68. The second-order valence-corrected chi connectivity index (χ2v) is 6.65. The van der Waals surface area contributed by atoms with E-state index in [1.54, 1.807) is 12.1 Å². The van der Waals surface area contributed by atoms with Crippen LogP contribution in [0.1, 0.15) is 41.0 Å². The van der Waals surface area contributed by atoms with Crippen LogP contribution in [0.15, 0.2) is 24.3 Å². The topological polar surface area (TPSA) is 33.2 Å². The Morgan fingerprint density at radius 3 is 2.41 bits per heavy atom. The summed E-state index contributed by atoms with van der Waals surface area (Å²) < 4.78 is 13.0. The number of rotatable bonds is 2. The van der Waals surface area contributed by atoms with E-state index in [0.29, 0.717) is 4.88 Å². The monoisotopic (exact) mass is 318 g/mol. The van der Waals surface area contributed by atoms with Crippen molar-refractivity contribution < 1.29 is 9.18 Å². The van der Waals surface area contributed by atoms with Crippen molar-refractivity contribution in [2.45, 2.75) is 32.6 Å². The molecule has 0 bridgehead atoms. The second-order valence-electron chi connectivity index (χ2n) is 5.65. The standard InChI is InChI=1S/C17H19FN2OS/c1-12-15(17(21)20-10-4-2-3-5-11-20)22-16(19-12)13-6-8-14(18)9-7-13/h6-9H,2-5,10-11H2,1H3. The van der Waals surface area contributed by atoms with Gasteiger partial charge in [-0.05, 0) is 44.0 Å². The van der Waals surface area contributed by atoms with Crippen LogP contribution in [0.3, 0.4) is 0 Å². The number of carbonyl (C=O) groups is 1. The van der Waals surface area contributed by atoms with Gasteiger partial charge in [0, 0.05) is 18.7 Å². The van der Waals surface area contributed by atoms with Gasteiger partial charge >= 0.3 is 0 Å². The van der Waals surface area contributed by atoms with Crippen LogP contribution in [0.4, 0.5) is 4.39 Å². The summed E-state index contributed by atoms with van der Waals surface area (Å²) in [6.07, 6.45) is 4.56. The molecule has 1 aliphatic heterocycles. The Hall–Kier alpha value is -1.75. The summed E-state index contributed by atoms with van der Waals surface area (Å²) in [4.78, 5) is 19.9. The summed E-state index contributed by atoms with van der Waals surface area (Å²) in [5.41, 5.74) is 1.61. The van der Waals surface area contributed by atoms with Gasteiger partial charge in [-0.1, -0.05) is 12.8 Å². The van der Waals surface area contributed by atoms with Crippen molar-refractivity contribution in [3.8, 4) is 10.6 Å². The van der Waals surface area contributed by atoms with Crippen LogP contribution >= 0.6 is 11.3 Å². The molecule has 5 heteroatoms. The first kappa shape index (κ1) is 15.2. The Kier molecular flexibility index (Phi) is 4.52. The molecule has 0 saturated carbocycles. The van der Waals surface area contributed by atoms with E-state index in [4.69, 9.17) is 0 Å². The Balaban J connectivity index is 1.85. The lowest BCUT2D eigenvalue weighted by molar-refractivity contribution is 0.0765.